The van der Waals surface area contributed by atoms with Crippen LogP contribution in [0, 0.1) is 0 Å². The molecule has 5 heteroatoms. The van der Waals surface area contributed by atoms with Gasteiger partial charge in [0.1, 0.15) is 11.3 Å². The van der Waals surface area contributed by atoms with E-state index >= 15 is 0 Å². The van der Waals surface area contributed by atoms with Crippen molar-refractivity contribution in [3.63, 3.8) is 0 Å². The second kappa shape index (κ2) is 4.97. The van der Waals surface area contributed by atoms with Crippen LogP contribution in [-0.2, 0) is 9.53 Å². The molecule has 0 unspecified atom stereocenters. The number of hydrogen-bond donors (Lipinski definition) is 1. The van der Waals surface area contributed by atoms with Crippen molar-refractivity contribution >= 4 is 11.9 Å². The second-order valence-electron chi connectivity index (χ2n) is 3.94. The summed E-state index contributed by atoms with van der Waals surface area (Å²) in [5, 5.41) is 9.44. The molecule has 0 fully saturated rings. The van der Waals surface area contributed by atoms with Gasteiger partial charge in [0.15, 0.2) is 5.60 Å². The lowest BCUT2D eigenvalue weighted by molar-refractivity contribution is -0.151. The molecule has 1 N–H and O–H groups in total. The molecule has 0 bridgehead atoms. The van der Waals surface area contributed by atoms with Gasteiger partial charge in [0.2, 0.25) is 0 Å². The van der Waals surface area contributed by atoms with Gasteiger partial charge in [-0.25, -0.2) is 9.59 Å². The minimum absolute atomic E-state index is 0.0616. The fraction of sp³-hybridized carbons (Fsp3) is 0.333. The normalized spacial score (nSPS) is 10.8. The zero-order valence-corrected chi connectivity index (χ0v) is 9.89. The number of para-hydroxylation sites is 1. The van der Waals surface area contributed by atoms with Gasteiger partial charge in [0.05, 0.1) is 7.11 Å². The predicted octanol–water partition coefficient (Wildman–Crippen LogP) is 1.15. The Balaban J connectivity index is 2.99. The number of carbonyl (C=O) groups excluding carboxylic acids is 2. The molecule has 1 aromatic rings. The summed E-state index contributed by atoms with van der Waals surface area (Å²) < 4.78 is 9.49. The van der Waals surface area contributed by atoms with E-state index in [0.717, 1.165) is 0 Å². The van der Waals surface area contributed by atoms with Crippen molar-refractivity contribution in [2.45, 2.75) is 19.4 Å². The zero-order chi connectivity index (χ0) is 13.1. The summed E-state index contributed by atoms with van der Waals surface area (Å²) in [6.45, 7) is 2.60. The Kier molecular flexibility index (Phi) is 3.85. The van der Waals surface area contributed by atoms with E-state index < -0.39 is 17.5 Å². The third-order valence-corrected chi connectivity index (χ3v) is 1.99. The molecule has 5 nitrogen and oxygen atoms in total. The van der Waals surface area contributed by atoms with E-state index in [1.807, 2.05) is 0 Å². The standard InChI is InChI=1S/C12H14O5/c1-12(2,15)11(14)17-9-7-5-4-6-8(9)10(13)16-3/h4-7,15H,1-3H3. The summed E-state index contributed by atoms with van der Waals surface area (Å²) in [4.78, 5) is 22.9. The molecule has 0 amide bonds. The number of hydrogen-bond acceptors (Lipinski definition) is 5. The Bertz CT molecular complexity index is 431. The molecule has 0 aliphatic rings. The summed E-state index contributed by atoms with van der Waals surface area (Å²) in [6, 6.07) is 6.15. The first-order valence-corrected chi connectivity index (χ1v) is 4.98. The second-order valence-corrected chi connectivity index (χ2v) is 3.94. The van der Waals surface area contributed by atoms with Gasteiger partial charge in [0.25, 0.3) is 0 Å². The number of methoxy groups -OCH3 is 1. The monoisotopic (exact) mass is 238 g/mol. The molecular weight excluding hydrogens is 224 g/mol. The molecule has 0 saturated carbocycles. The molecule has 0 atom stereocenters. The Hall–Kier alpha value is -1.88. The number of ether oxygens (including phenoxy) is 2. The van der Waals surface area contributed by atoms with Crippen LogP contribution in [0.15, 0.2) is 24.3 Å². The van der Waals surface area contributed by atoms with Gasteiger partial charge < -0.3 is 14.6 Å². The molecule has 0 spiro atoms. The number of rotatable bonds is 3. The fourth-order valence-corrected chi connectivity index (χ4v) is 1.06. The lowest BCUT2D eigenvalue weighted by atomic mass is 10.1. The molecule has 0 aromatic heterocycles. The van der Waals surface area contributed by atoms with Crippen molar-refractivity contribution in [3.05, 3.63) is 29.8 Å². The van der Waals surface area contributed by atoms with Crippen LogP contribution in [-0.4, -0.2) is 29.8 Å². The van der Waals surface area contributed by atoms with Crippen LogP contribution in [0.2, 0.25) is 0 Å². The van der Waals surface area contributed by atoms with Gasteiger partial charge in [-0.1, -0.05) is 12.1 Å². The number of esters is 2. The first-order chi connectivity index (χ1) is 7.86. The third kappa shape index (κ3) is 3.29. The van der Waals surface area contributed by atoms with Crippen LogP contribution in [0.4, 0.5) is 0 Å². The largest absolute Gasteiger partial charge is 0.465 e. The summed E-state index contributed by atoms with van der Waals surface area (Å²) in [7, 11) is 1.23. The summed E-state index contributed by atoms with van der Waals surface area (Å²) in [5.41, 5.74) is -1.49. The average molecular weight is 238 g/mol. The lowest BCUT2D eigenvalue weighted by Crippen LogP contribution is -2.35. The van der Waals surface area contributed by atoms with Crippen LogP contribution in [0.5, 0.6) is 5.75 Å². The van der Waals surface area contributed by atoms with Gasteiger partial charge in [-0.05, 0) is 26.0 Å². The molecule has 17 heavy (non-hydrogen) atoms. The van der Waals surface area contributed by atoms with Crippen LogP contribution in [0.3, 0.4) is 0 Å². The highest BCUT2D eigenvalue weighted by Gasteiger charge is 2.27. The highest BCUT2D eigenvalue weighted by atomic mass is 16.6. The number of benzene rings is 1. The molecule has 0 radical (unpaired) electrons. The Morgan fingerprint density at radius 3 is 2.35 bits per heavy atom. The van der Waals surface area contributed by atoms with E-state index in [1.165, 1.54) is 33.1 Å². The molecule has 92 valence electrons. The Morgan fingerprint density at radius 2 is 1.82 bits per heavy atom. The molecule has 0 aliphatic heterocycles. The van der Waals surface area contributed by atoms with Crippen molar-refractivity contribution in [1.29, 1.82) is 0 Å². The zero-order valence-electron chi connectivity index (χ0n) is 9.89. The number of aliphatic hydroxyl groups is 1. The molecule has 1 rings (SSSR count). The van der Waals surface area contributed by atoms with Crippen molar-refractivity contribution in [3.8, 4) is 5.75 Å². The first kappa shape index (κ1) is 13.2. The summed E-state index contributed by atoms with van der Waals surface area (Å²) in [6.07, 6.45) is 0. The Labute approximate surface area is 99.0 Å². The SMILES string of the molecule is COC(=O)c1ccccc1OC(=O)C(C)(C)O. The van der Waals surface area contributed by atoms with Crippen molar-refractivity contribution < 1.29 is 24.2 Å². The summed E-state index contributed by atoms with van der Waals surface area (Å²) in [5.74, 6) is -1.38. The van der Waals surface area contributed by atoms with Crippen molar-refractivity contribution in [1.82, 2.24) is 0 Å². The van der Waals surface area contributed by atoms with E-state index in [2.05, 4.69) is 4.74 Å². The van der Waals surface area contributed by atoms with Gasteiger partial charge in [0, 0.05) is 0 Å². The third-order valence-electron chi connectivity index (χ3n) is 1.99. The van der Waals surface area contributed by atoms with Crippen LogP contribution < -0.4 is 4.74 Å². The van der Waals surface area contributed by atoms with Gasteiger partial charge in [-0.15, -0.1) is 0 Å². The Morgan fingerprint density at radius 1 is 1.24 bits per heavy atom. The molecule has 0 aliphatic carbocycles. The predicted molar refractivity (Wildman–Crippen MR) is 59.7 cm³/mol. The highest BCUT2D eigenvalue weighted by Crippen LogP contribution is 2.20. The van der Waals surface area contributed by atoms with E-state index in [4.69, 9.17) is 4.74 Å². The van der Waals surface area contributed by atoms with Crippen LogP contribution in [0.1, 0.15) is 24.2 Å². The maximum atomic E-state index is 11.5. The van der Waals surface area contributed by atoms with E-state index in [0.29, 0.717) is 0 Å². The molecule has 0 saturated heterocycles. The van der Waals surface area contributed by atoms with Crippen LogP contribution >= 0.6 is 0 Å². The maximum Gasteiger partial charge on any atom is 0.342 e. The minimum Gasteiger partial charge on any atom is -0.465 e. The average Bonchev–Trinajstić information content (AvgIpc) is 2.27. The fourth-order valence-electron chi connectivity index (χ4n) is 1.06. The molecule has 1 aromatic carbocycles. The first-order valence-electron chi connectivity index (χ1n) is 4.98. The summed E-state index contributed by atoms with van der Waals surface area (Å²) >= 11 is 0. The van der Waals surface area contributed by atoms with Gasteiger partial charge >= 0.3 is 11.9 Å². The van der Waals surface area contributed by atoms with E-state index in [1.54, 1.807) is 12.1 Å². The highest BCUT2D eigenvalue weighted by molar-refractivity contribution is 5.93. The van der Waals surface area contributed by atoms with Crippen molar-refractivity contribution in [2.24, 2.45) is 0 Å². The van der Waals surface area contributed by atoms with Crippen molar-refractivity contribution in [2.75, 3.05) is 7.11 Å². The maximum absolute atomic E-state index is 11.5. The topological polar surface area (TPSA) is 72.8 Å². The van der Waals surface area contributed by atoms with E-state index in [-0.39, 0.29) is 11.3 Å². The quantitative estimate of drug-likeness (QED) is 0.631. The number of carbonyl (C=O) groups is 2. The minimum atomic E-state index is -1.62. The van der Waals surface area contributed by atoms with Gasteiger partial charge in [-0.3, -0.25) is 0 Å². The van der Waals surface area contributed by atoms with Gasteiger partial charge in [-0.2, -0.15) is 0 Å². The lowest BCUT2D eigenvalue weighted by Gasteiger charge is -2.16. The molecule has 0 heterocycles. The molecular formula is C12H14O5. The van der Waals surface area contributed by atoms with E-state index in [9.17, 15) is 14.7 Å². The smallest absolute Gasteiger partial charge is 0.342 e. The van der Waals surface area contributed by atoms with Crippen LogP contribution in [0.25, 0.3) is 0 Å².